The minimum absolute atomic E-state index is 0.0233. The van der Waals surface area contributed by atoms with E-state index in [4.69, 9.17) is 0 Å². The molecule has 148 valence electrons. The predicted molar refractivity (Wildman–Crippen MR) is 104 cm³/mol. The molecular formula is C20H28N2O4S. The Morgan fingerprint density at radius 3 is 2.67 bits per heavy atom. The van der Waals surface area contributed by atoms with Gasteiger partial charge >= 0.3 is 0 Å². The number of hydrogen-bond donors (Lipinski definition) is 0. The van der Waals surface area contributed by atoms with E-state index >= 15 is 0 Å². The minimum atomic E-state index is -3.53. The zero-order chi connectivity index (χ0) is 19.6. The molecule has 0 spiro atoms. The second-order valence-corrected chi connectivity index (χ2v) is 9.53. The summed E-state index contributed by atoms with van der Waals surface area (Å²) >= 11 is 0. The van der Waals surface area contributed by atoms with Crippen LogP contribution in [0, 0.1) is 0 Å². The topological polar surface area (TPSA) is 74.8 Å². The molecule has 6 nitrogen and oxygen atoms in total. The molecule has 0 bridgehead atoms. The van der Waals surface area contributed by atoms with Crippen molar-refractivity contribution in [3.63, 3.8) is 0 Å². The van der Waals surface area contributed by atoms with Crippen LogP contribution in [0.15, 0.2) is 23.1 Å². The smallest absolute Gasteiger partial charge is 0.223 e. The molecule has 0 N–H and O–H groups in total. The van der Waals surface area contributed by atoms with E-state index in [0.717, 1.165) is 43.5 Å². The van der Waals surface area contributed by atoms with Crippen molar-refractivity contribution in [3.05, 3.63) is 23.8 Å². The molecule has 0 aliphatic carbocycles. The van der Waals surface area contributed by atoms with Crippen LogP contribution in [0.2, 0.25) is 0 Å². The molecule has 1 fully saturated rings. The van der Waals surface area contributed by atoms with Crippen LogP contribution in [0.5, 0.6) is 0 Å². The van der Waals surface area contributed by atoms with Gasteiger partial charge in [-0.15, -0.1) is 0 Å². The third-order valence-corrected chi connectivity index (χ3v) is 7.40. The summed E-state index contributed by atoms with van der Waals surface area (Å²) in [5, 5.41) is 0. The fraction of sp³-hybridized carbons (Fsp3) is 0.600. The van der Waals surface area contributed by atoms with Gasteiger partial charge in [-0.3, -0.25) is 9.59 Å². The molecule has 1 aromatic carbocycles. The molecule has 1 saturated heterocycles. The van der Waals surface area contributed by atoms with Gasteiger partial charge in [0, 0.05) is 38.2 Å². The van der Waals surface area contributed by atoms with E-state index in [1.807, 2.05) is 4.90 Å². The number of carbonyl (C=O) groups excluding carboxylic acids is 2. The van der Waals surface area contributed by atoms with Crippen LogP contribution in [0.1, 0.15) is 51.5 Å². The van der Waals surface area contributed by atoms with Crippen molar-refractivity contribution in [2.24, 2.45) is 0 Å². The molecule has 27 heavy (non-hydrogen) atoms. The van der Waals surface area contributed by atoms with Crippen LogP contribution in [0.25, 0.3) is 0 Å². The summed E-state index contributed by atoms with van der Waals surface area (Å²) in [6, 6.07) is 5.16. The number of fused-ring (bicyclic) bond motifs is 1. The quantitative estimate of drug-likeness (QED) is 0.772. The normalized spacial score (nSPS) is 19.9. The standard InChI is InChI=1S/C20H28N2O4S/c1-3-17-6-4-5-11-22(17)20(24)10-13-27(25,26)18-7-8-19-16(14-18)9-12-21(19)15(2)23/h7-8,14,17H,3-6,9-13H2,1-2H3/t17-/m1/s1. The van der Waals surface area contributed by atoms with E-state index in [9.17, 15) is 18.0 Å². The number of sulfone groups is 1. The molecule has 0 radical (unpaired) electrons. The predicted octanol–water partition coefficient (Wildman–Crippen LogP) is 2.55. The summed E-state index contributed by atoms with van der Waals surface area (Å²) in [6.07, 6.45) is 4.72. The first-order valence-corrected chi connectivity index (χ1v) is 11.4. The van der Waals surface area contributed by atoms with Crippen LogP contribution < -0.4 is 4.90 Å². The molecule has 0 unspecified atom stereocenters. The van der Waals surface area contributed by atoms with Gasteiger partial charge in [0.25, 0.3) is 0 Å². The molecule has 0 saturated carbocycles. The van der Waals surface area contributed by atoms with E-state index in [0.29, 0.717) is 13.0 Å². The third kappa shape index (κ3) is 4.18. The Bertz CT molecular complexity index is 834. The number of nitrogens with zero attached hydrogens (tertiary/aromatic N) is 2. The van der Waals surface area contributed by atoms with Crippen LogP contribution in [-0.2, 0) is 25.8 Å². The summed E-state index contributed by atoms with van der Waals surface area (Å²) in [5.41, 5.74) is 1.66. The Balaban J connectivity index is 1.68. The van der Waals surface area contributed by atoms with Crippen molar-refractivity contribution in [2.45, 2.75) is 63.3 Å². The highest BCUT2D eigenvalue weighted by Crippen LogP contribution is 2.30. The molecule has 0 aromatic heterocycles. The number of hydrogen-bond acceptors (Lipinski definition) is 4. The fourth-order valence-corrected chi connectivity index (χ4v) is 5.41. The molecule has 2 amide bonds. The maximum Gasteiger partial charge on any atom is 0.223 e. The maximum absolute atomic E-state index is 12.7. The number of piperidine rings is 1. The average Bonchev–Trinajstić information content (AvgIpc) is 3.09. The molecule has 1 atom stereocenters. The number of benzene rings is 1. The third-order valence-electron chi connectivity index (χ3n) is 5.69. The molecule has 2 heterocycles. The van der Waals surface area contributed by atoms with Crippen LogP contribution in [0.3, 0.4) is 0 Å². The monoisotopic (exact) mass is 392 g/mol. The van der Waals surface area contributed by atoms with Gasteiger partial charge in [0.1, 0.15) is 0 Å². The van der Waals surface area contributed by atoms with Crippen molar-refractivity contribution in [2.75, 3.05) is 23.7 Å². The molecular weight excluding hydrogens is 364 g/mol. The molecule has 2 aliphatic heterocycles. The Morgan fingerprint density at radius 2 is 1.96 bits per heavy atom. The second-order valence-electron chi connectivity index (χ2n) is 7.43. The highest BCUT2D eigenvalue weighted by molar-refractivity contribution is 7.91. The van der Waals surface area contributed by atoms with Crippen LogP contribution in [0.4, 0.5) is 5.69 Å². The Kier molecular flexibility index (Phi) is 5.89. The highest BCUT2D eigenvalue weighted by atomic mass is 32.2. The van der Waals surface area contributed by atoms with Crippen molar-refractivity contribution < 1.29 is 18.0 Å². The van der Waals surface area contributed by atoms with Crippen molar-refractivity contribution in [1.82, 2.24) is 4.90 Å². The van der Waals surface area contributed by atoms with Crippen molar-refractivity contribution in [1.29, 1.82) is 0 Å². The number of carbonyl (C=O) groups is 2. The largest absolute Gasteiger partial charge is 0.340 e. The van der Waals surface area contributed by atoms with Gasteiger partial charge in [-0.1, -0.05) is 6.92 Å². The van der Waals surface area contributed by atoms with E-state index in [1.54, 1.807) is 23.1 Å². The average molecular weight is 393 g/mol. The molecule has 7 heteroatoms. The van der Waals surface area contributed by atoms with Crippen LogP contribution in [-0.4, -0.2) is 50.0 Å². The van der Waals surface area contributed by atoms with Gasteiger partial charge in [0.15, 0.2) is 9.84 Å². The first kappa shape index (κ1) is 19.9. The van der Waals surface area contributed by atoms with Crippen molar-refractivity contribution >= 4 is 27.3 Å². The van der Waals surface area contributed by atoms with Gasteiger partial charge < -0.3 is 9.80 Å². The van der Waals surface area contributed by atoms with E-state index in [2.05, 4.69) is 6.92 Å². The molecule has 2 aliphatic rings. The lowest BCUT2D eigenvalue weighted by molar-refractivity contribution is -0.134. The first-order valence-electron chi connectivity index (χ1n) is 9.76. The SMILES string of the molecule is CC[C@@H]1CCCCN1C(=O)CCS(=O)(=O)c1ccc2c(c1)CCN2C(C)=O. The lowest BCUT2D eigenvalue weighted by Crippen LogP contribution is -2.43. The summed E-state index contributed by atoms with van der Waals surface area (Å²) < 4.78 is 25.5. The Hall–Kier alpha value is -1.89. The first-order chi connectivity index (χ1) is 12.8. The number of rotatable bonds is 5. The lowest BCUT2D eigenvalue weighted by atomic mass is 10.00. The minimum Gasteiger partial charge on any atom is -0.340 e. The number of amides is 2. The van der Waals surface area contributed by atoms with E-state index in [-0.39, 0.29) is 34.9 Å². The number of anilines is 1. The summed E-state index contributed by atoms with van der Waals surface area (Å²) in [4.78, 5) is 28.0. The van der Waals surface area contributed by atoms with Gasteiger partial charge in [0.2, 0.25) is 11.8 Å². The summed E-state index contributed by atoms with van der Waals surface area (Å²) in [6.45, 7) is 4.90. The fourth-order valence-electron chi connectivity index (χ4n) is 4.14. The zero-order valence-electron chi connectivity index (χ0n) is 16.1. The van der Waals surface area contributed by atoms with Gasteiger partial charge in [-0.05, 0) is 55.9 Å². The Morgan fingerprint density at radius 1 is 1.19 bits per heavy atom. The second kappa shape index (κ2) is 8.00. The van der Waals surface area contributed by atoms with Crippen LogP contribution >= 0.6 is 0 Å². The van der Waals surface area contributed by atoms with Gasteiger partial charge in [0.05, 0.1) is 10.6 Å². The lowest BCUT2D eigenvalue weighted by Gasteiger charge is -2.35. The Labute approximate surface area is 161 Å². The van der Waals surface area contributed by atoms with Gasteiger partial charge in [-0.2, -0.15) is 0 Å². The summed E-state index contributed by atoms with van der Waals surface area (Å²) in [7, 11) is -3.53. The summed E-state index contributed by atoms with van der Waals surface area (Å²) in [5.74, 6) is -0.274. The van der Waals surface area contributed by atoms with Crippen molar-refractivity contribution in [3.8, 4) is 0 Å². The van der Waals surface area contributed by atoms with Gasteiger partial charge in [-0.25, -0.2) is 8.42 Å². The molecule has 3 rings (SSSR count). The van der Waals surface area contributed by atoms with E-state index in [1.165, 1.54) is 6.92 Å². The zero-order valence-corrected chi connectivity index (χ0v) is 16.9. The number of likely N-dealkylation sites (tertiary alicyclic amines) is 1. The van der Waals surface area contributed by atoms with E-state index < -0.39 is 9.84 Å². The molecule has 1 aromatic rings. The highest BCUT2D eigenvalue weighted by Gasteiger charge is 2.28. The maximum atomic E-state index is 12.7.